The number of nitrogens with one attached hydrogen (secondary N) is 2. The van der Waals surface area contributed by atoms with Crippen LogP contribution in [0.2, 0.25) is 0 Å². The molecule has 0 heterocycles. The van der Waals surface area contributed by atoms with Gasteiger partial charge >= 0.3 is 0 Å². The van der Waals surface area contributed by atoms with Crippen molar-refractivity contribution in [2.24, 2.45) is 0 Å². The lowest BCUT2D eigenvalue weighted by molar-refractivity contribution is 0.482. The minimum Gasteiger partial charge on any atom is -0.457 e. The first kappa shape index (κ1) is 20.6. The Labute approximate surface area is 166 Å². The molecule has 0 saturated heterocycles. The number of fused-ring (bicyclic) bond motifs is 1. The predicted molar refractivity (Wildman–Crippen MR) is 110 cm³/mol. The van der Waals surface area contributed by atoms with Crippen molar-refractivity contribution in [1.29, 1.82) is 0 Å². The van der Waals surface area contributed by atoms with E-state index in [1.54, 1.807) is 44.2 Å². The molecule has 7 nitrogen and oxygen atoms in total. The second-order valence-corrected chi connectivity index (χ2v) is 11.2. The molecule has 0 amide bonds. The van der Waals surface area contributed by atoms with E-state index in [9.17, 15) is 16.8 Å². The summed E-state index contributed by atoms with van der Waals surface area (Å²) in [4.78, 5) is 0. The van der Waals surface area contributed by atoms with Crippen LogP contribution in [0.4, 0.5) is 5.69 Å². The highest BCUT2D eigenvalue weighted by Crippen LogP contribution is 2.35. The van der Waals surface area contributed by atoms with Crippen LogP contribution in [0.3, 0.4) is 0 Å². The topological polar surface area (TPSA) is 102 Å². The summed E-state index contributed by atoms with van der Waals surface area (Å²) in [5.41, 5.74) is 2.42. The Bertz CT molecular complexity index is 1080. The van der Waals surface area contributed by atoms with Gasteiger partial charge < -0.3 is 4.74 Å². The molecule has 1 unspecified atom stereocenters. The van der Waals surface area contributed by atoms with Crippen LogP contribution in [0.25, 0.3) is 0 Å². The zero-order valence-corrected chi connectivity index (χ0v) is 17.6. The molecular formula is C19H24N2O5S2. The molecule has 1 aliphatic rings. The van der Waals surface area contributed by atoms with E-state index in [1.165, 1.54) is 0 Å². The van der Waals surface area contributed by atoms with E-state index in [4.69, 9.17) is 4.74 Å². The van der Waals surface area contributed by atoms with Gasteiger partial charge in [0.05, 0.1) is 17.2 Å². The van der Waals surface area contributed by atoms with Gasteiger partial charge in [-0.15, -0.1) is 0 Å². The third kappa shape index (κ3) is 5.03. The van der Waals surface area contributed by atoms with E-state index < -0.39 is 25.3 Å². The van der Waals surface area contributed by atoms with Crippen molar-refractivity contribution >= 4 is 25.7 Å². The highest BCUT2D eigenvalue weighted by molar-refractivity contribution is 7.92. The number of hydrogen-bond donors (Lipinski definition) is 2. The number of aryl methyl sites for hydroxylation is 1. The van der Waals surface area contributed by atoms with Crippen molar-refractivity contribution in [3.05, 3.63) is 53.6 Å². The summed E-state index contributed by atoms with van der Waals surface area (Å²) >= 11 is 0. The largest absolute Gasteiger partial charge is 0.457 e. The standard InChI is InChI=1S/C19H24N2O5S2/c1-13(2)28(24,25)21-19-10-7-14-11-17(8-9-18(14)19)26-16-6-4-5-15(12-16)20-27(3,22)23/h4-6,8-9,11-13,19-21H,7,10H2,1-3H3. The van der Waals surface area contributed by atoms with E-state index in [1.807, 2.05) is 12.1 Å². The first-order valence-electron chi connectivity index (χ1n) is 8.93. The van der Waals surface area contributed by atoms with Gasteiger partial charge in [0.25, 0.3) is 0 Å². The van der Waals surface area contributed by atoms with E-state index in [-0.39, 0.29) is 6.04 Å². The van der Waals surface area contributed by atoms with Crippen LogP contribution in [0.15, 0.2) is 42.5 Å². The third-order valence-electron chi connectivity index (χ3n) is 4.49. The second kappa shape index (κ2) is 7.73. The molecule has 1 aliphatic carbocycles. The molecule has 0 bridgehead atoms. The average molecular weight is 425 g/mol. The van der Waals surface area contributed by atoms with Crippen molar-refractivity contribution in [1.82, 2.24) is 4.72 Å². The van der Waals surface area contributed by atoms with Crippen molar-refractivity contribution in [2.75, 3.05) is 11.0 Å². The van der Waals surface area contributed by atoms with Gasteiger partial charge in [-0.1, -0.05) is 12.1 Å². The van der Waals surface area contributed by atoms with Gasteiger partial charge in [0.2, 0.25) is 20.0 Å². The number of anilines is 1. The van der Waals surface area contributed by atoms with Crippen LogP contribution >= 0.6 is 0 Å². The smallest absolute Gasteiger partial charge is 0.229 e. The average Bonchev–Trinajstić information content (AvgIpc) is 2.95. The minimum atomic E-state index is -3.36. The van der Waals surface area contributed by atoms with Crippen molar-refractivity contribution in [2.45, 2.75) is 38.0 Å². The molecule has 2 N–H and O–H groups in total. The predicted octanol–water partition coefficient (Wildman–Crippen LogP) is 3.17. The Morgan fingerprint density at radius 2 is 1.75 bits per heavy atom. The first-order valence-corrected chi connectivity index (χ1v) is 12.4. The number of ether oxygens (including phenoxy) is 1. The van der Waals surface area contributed by atoms with Gasteiger partial charge in [-0.3, -0.25) is 4.72 Å². The molecule has 1 atom stereocenters. The van der Waals surface area contributed by atoms with Gasteiger partial charge in [-0.05, 0) is 62.1 Å². The SMILES string of the molecule is CC(C)S(=O)(=O)NC1CCc2cc(Oc3cccc(NS(C)(=O)=O)c3)ccc21. The highest BCUT2D eigenvalue weighted by Gasteiger charge is 2.28. The van der Waals surface area contributed by atoms with Gasteiger partial charge in [0, 0.05) is 12.1 Å². The van der Waals surface area contributed by atoms with Gasteiger partial charge in [-0.2, -0.15) is 0 Å². The molecule has 0 radical (unpaired) electrons. The number of sulfonamides is 2. The van der Waals surface area contributed by atoms with Crippen molar-refractivity contribution in [3.63, 3.8) is 0 Å². The Morgan fingerprint density at radius 1 is 1.04 bits per heavy atom. The fourth-order valence-corrected chi connectivity index (χ4v) is 4.56. The first-order chi connectivity index (χ1) is 13.0. The van der Waals surface area contributed by atoms with Crippen LogP contribution in [0.5, 0.6) is 11.5 Å². The van der Waals surface area contributed by atoms with E-state index >= 15 is 0 Å². The fourth-order valence-electron chi connectivity index (χ4n) is 3.09. The zero-order chi connectivity index (χ0) is 20.5. The summed E-state index contributed by atoms with van der Waals surface area (Å²) in [5.74, 6) is 1.12. The molecule has 2 aromatic rings. The highest BCUT2D eigenvalue weighted by atomic mass is 32.2. The summed E-state index contributed by atoms with van der Waals surface area (Å²) in [6.07, 6.45) is 2.55. The molecule has 9 heteroatoms. The maximum Gasteiger partial charge on any atom is 0.229 e. The molecule has 28 heavy (non-hydrogen) atoms. The lowest BCUT2D eigenvalue weighted by Gasteiger charge is -2.17. The van der Waals surface area contributed by atoms with Crippen LogP contribution < -0.4 is 14.2 Å². The molecule has 0 spiro atoms. The summed E-state index contributed by atoms with van der Waals surface area (Å²) in [6, 6.07) is 12.0. The number of hydrogen-bond acceptors (Lipinski definition) is 5. The van der Waals surface area contributed by atoms with Crippen molar-refractivity contribution < 1.29 is 21.6 Å². The molecule has 0 fully saturated rings. The molecule has 2 aromatic carbocycles. The van der Waals surface area contributed by atoms with Gasteiger partial charge in [-0.25, -0.2) is 21.6 Å². The lowest BCUT2D eigenvalue weighted by Crippen LogP contribution is -2.33. The molecule has 152 valence electrons. The maximum atomic E-state index is 12.2. The summed E-state index contributed by atoms with van der Waals surface area (Å²) < 4.78 is 58.1. The second-order valence-electron chi connectivity index (χ2n) is 7.17. The third-order valence-corrected chi connectivity index (χ3v) is 6.95. The molecule has 0 saturated carbocycles. The Balaban J connectivity index is 1.76. The Morgan fingerprint density at radius 3 is 2.43 bits per heavy atom. The van der Waals surface area contributed by atoms with E-state index in [0.29, 0.717) is 23.6 Å². The normalized spacial score (nSPS) is 16.8. The summed E-state index contributed by atoms with van der Waals surface area (Å²) in [7, 11) is -6.70. The Hall–Kier alpha value is -2.10. The number of benzene rings is 2. The molecule has 0 aromatic heterocycles. The lowest BCUT2D eigenvalue weighted by atomic mass is 10.1. The maximum absolute atomic E-state index is 12.2. The summed E-state index contributed by atoms with van der Waals surface area (Å²) in [5, 5.41) is -0.480. The van der Waals surface area contributed by atoms with Crippen LogP contribution in [-0.4, -0.2) is 28.3 Å². The van der Waals surface area contributed by atoms with Gasteiger partial charge in [0.1, 0.15) is 11.5 Å². The minimum absolute atomic E-state index is 0.223. The Kier molecular flexibility index (Phi) is 5.69. The van der Waals surface area contributed by atoms with E-state index in [2.05, 4.69) is 9.44 Å². The number of rotatable bonds is 7. The summed E-state index contributed by atoms with van der Waals surface area (Å²) in [6.45, 7) is 3.31. The van der Waals surface area contributed by atoms with E-state index in [0.717, 1.165) is 23.8 Å². The quantitative estimate of drug-likeness (QED) is 0.711. The van der Waals surface area contributed by atoms with Crippen LogP contribution in [0.1, 0.15) is 37.4 Å². The van der Waals surface area contributed by atoms with Crippen LogP contribution in [0, 0.1) is 0 Å². The molecule has 0 aliphatic heterocycles. The van der Waals surface area contributed by atoms with Gasteiger partial charge in [0.15, 0.2) is 0 Å². The van der Waals surface area contributed by atoms with Crippen molar-refractivity contribution in [3.8, 4) is 11.5 Å². The zero-order valence-electron chi connectivity index (χ0n) is 16.0. The fraction of sp³-hybridized carbons (Fsp3) is 0.368. The molecule has 3 rings (SSSR count). The monoisotopic (exact) mass is 424 g/mol. The van der Waals surface area contributed by atoms with Crippen LogP contribution in [-0.2, 0) is 26.5 Å². The molecular weight excluding hydrogens is 400 g/mol.